The second-order valence-corrected chi connectivity index (χ2v) is 11.1. The summed E-state index contributed by atoms with van der Waals surface area (Å²) >= 11 is 0. The lowest BCUT2D eigenvalue weighted by Crippen LogP contribution is -2.68. The molecule has 5 fully saturated rings. The van der Waals surface area contributed by atoms with Crippen LogP contribution in [0.3, 0.4) is 0 Å². The predicted octanol–water partition coefficient (Wildman–Crippen LogP) is 3.51. The molecule has 0 spiro atoms. The monoisotopic (exact) mass is 516 g/mol. The number of nitrogens with zero attached hydrogens (tertiary/aromatic N) is 5. The van der Waals surface area contributed by atoms with Crippen LogP contribution in [0.5, 0.6) is 0 Å². The molecule has 3 atom stereocenters. The smallest absolute Gasteiger partial charge is 0.407 e. The highest BCUT2D eigenvalue weighted by Gasteiger charge is 2.58. The largest absolute Gasteiger partial charge is 0.443 e. The number of alkyl carbamates (subject to hydrolysis) is 1. The Labute approximate surface area is 210 Å². The summed E-state index contributed by atoms with van der Waals surface area (Å²) in [6.45, 7) is -0.198. The molecule has 1 aliphatic heterocycles. The maximum absolute atomic E-state index is 14.7. The van der Waals surface area contributed by atoms with Crippen LogP contribution in [0.15, 0.2) is 24.5 Å². The van der Waals surface area contributed by atoms with E-state index in [1.807, 2.05) is 0 Å². The lowest BCUT2D eigenvalue weighted by molar-refractivity contribution is -0.134. The molecular weight excluding hydrogens is 489 g/mol. The Morgan fingerprint density at radius 2 is 2.05 bits per heavy atom. The van der Waals surface area contributed by atoms with Crippen molar-refractivity contribution < 1.29 is 22.7 Å². The van der Waals surface area contributed by atoms with E-state index in [9.17, 15) is 18.0 Å². The first-order valence-corrected chi connectivity index (χ1v) is 12.6. The fourth-order valence-corrected chi connectivity index (χ4v) is 6.15. The summed E-state index contributed by atoms with van der Waals surface area (Å²) < 4.78 is 48.2. The molecule has 13 heteroatoms. The molecule has 37 heavy (non-hydrogen) atoms. The molecule has 4 saturated carbocycles. The zero-order valence-corrected chi connectivity index (χ0v) is 20.0. The number of carbonyl (C=O) groups excluding carboxylic acids is 1. The molecule has 4 aliphatic carbocycles. The van der Waals surface area contributed by atoms with Crippen LogP contribution in [0.25, 0.3) is 5.65 Å². The minimum atomic E-state index is -2.62. The highest BCUT2D eigenvalue weighted by atomic mass is 19.3. The Morgan fingerprint density at radius 1 is 1.24 bits per heavy atom. The number of alkyl halides is 3. The summed E-state index contributed by atoms with van der Waals surface area (Å²) in [5.41, 5.74) is 1.93. The van der Waals surface area contributed by atoms with Gasteiger partial charge in [-0.15, -0.1) is 0 Å². The Hall–Kier alpha value is -3.35. The highest BCUT2D eigenvalue weighted by molar-refractivity contribution is 5.69. The number of likely N-dealkylation sites (tertiary alicyclic amines) is 1. The van der Waals surface area contributed by atoms with Crippen LogP contribution in [0.4, 0.5) is 29.7 Å². The minimum Gasteiger partial charge on any atom is -0.443 e. The van der Waals surface area contributed by atoms with Crippen LogP contribution < -0.4 is 10.6 Å². The molecule has 3 aromatic rings. The molecule has 8 rings (SSSR count). The van der Waals surface area contributed by atoms with E-state index in [2.05, 4.69) is 30.8 Å². The van der Waals surface area contributed by atoms with Crippen molar-refractivity contribution in [2.75, 3.05) is 18.4 Å². The minimum absolute atomic E-state index is 0.105. The van der Waals surface area contributed by atoms with Gasteiger partial charge in [0.05, 0.1) is 18.8 Å². The van der Waals surface area contributed by atoms with Gasteiger partial charge in [0, 0.05) is 42.2 Å². The molecule has 0 radical (unpaired) electrons. The van der Waals surface area contributed by atoms with Crippen molar-refractivity contribution in [2.24, 2.45) is 5.92 Å². The van der Waals surface area contributed by atoms with Gasteiger partial charge in [-0.05, 0) is 44.1 Å². The fourth-order valence-electron chi connectivity index (χ4n) is 6.15. The summed E-state index contributed by atoms with van der Waals surface area (Å²) in [5, 5.41) is 13.3. The number of nitrogens with one attached hydrogen (secondary N) is 3. The first kappa shape index (κ1) is 22.8. The van der Waals surface area contributed by atoms with Crippen molar-refractivity contribution in [3.63, 3.8) is 0 Å². The van der Waals surface area contributed by atoms with Crippen molar-refractivity contribution in [3.8, 4) is 0 Å². The number of hydrogen-bond donors (Lipinski definition) is 3. The van der Waals surface area contributed by atoms with Gasteiger partial charge in [0.1, 0.15) is 17.9 Å². The van der Waals surface area contributed by atoms with E-state index >= 15 is 0 Å². The standard InChI is InChI=1S/C24H27F3N8O2/c25-16-3-14(4-18(16)37-22(36)31-23-6-13(7-23)8-23)17-5-19(33-32-17)30-21-28-2-1-20-29-15(10-35(20)21)9-34-11-24(26,27)12-34/h1-2,5,10,13-14,16,18H,3-4,6-9,11-12H2,(H,31,36)(H2,28,30,32,33)/t13?,14-,16+,18-,23?/m0/s1. The lowest BCUT2D eigenvalue weighted by atomic mass is 9.50. The molecule has 1 saturated heterocycles. The lowest BCUT2D eigenvalue weighted by Gasteiger charge is -2.61. The molecule has 1 amide bonds. The van der Waals surface area contributed by atoms with Crippen LogP contribution in [0.2, 0.25) is 0 Å². The third kappa shape index (κ3) is 4.18. The average molecular weight is 517 g/mol. The summed E-state index contributed by atoms with van der Waals surface area (Å²) in [4.78, 5) is 22.8. The van der Waals surface area contributed by atoms with E-state index in [0.29, 0.717) is 36.1 Å². The van der Waals surface area contributed by atoms with Crippen LogP contribution in [0, 0.1) is 5.92 Å². The van der Waals surface area contributed by atoms with Crippen LogP contribution in [0.1, 0.15) is 49.4 Å². The fraction of sp³-hybridized carbons (Fsp3) is 0.583. The number of rotatable bonds is 7. The first-order chi connectivity index (χ1) is 17.7. The van der Waals surface area contributed by atoms with E-state index in [1.165, 1.54) is 0 Å². The molecule has 3 N–H and O–H groups in total. The molecular formula is C24H27F3N8O2. The topological polar surface area (TPSA) is 112 Å². The van der Waals surface area contributed by atoms with Gasteiger partial charge in [-0.1, -0.05) is 0 Å². The van der Waals surface area contributed by atoms with Crippen molar-refractivity contribution >= 4 is 23.5 Å². The second-order valence-electron chi connectivity index (χ2n) is 11.1. The van der Waals surface area contributed by atoms with Gasteiger partial charge in [0.15, 0.2) is 5.82 Å². The zero-order valence-electron chi connectivity index (χ0n) is 20.0. The second kappa shape index (κ2) is 8.07. The number of carbonyl (C=O) groups is 1. The van der Waals surface area contributed by atoms with Gasteiger partial charge in [-0.2, -0.15) is 5.10 Å². The highest BCUT2D eigenvalue weighted by Crippen LogP contribution is 2.57. The SMILES string of the molecule is O=C(NC12CC(C1)C2)O[C@H]1C[C@@H](c2cc(Nc3nccc4nc(CN5CC(F)(F)C5)cn34)n[nH]2)C[C@H]1F. The summed E-state index contributed by atoms with van der Waals surface area (Å²) in [7, 11) is 0. The van der Waals surface area contributed by atoms with Gasteiger partial charge in [0.2, 0.25) is 5.95 Å². The Balaban J connectivity index is 0.987. The number of fused-ring (bicyclic) bond motifs is 1. The van der Waals surface area contributed by atoms with Gasteiger partial charge >= 0.3 is 6.09 Å². The van der Waals surface area contributed by atoms with E-state index in [4.69, 9.17) is 4.74 Å². The number of amides is 1. The quantitative estimate of drug-likeness (QED) is 0.441. The maximum Gasteiger partial charge on any atom is 0.407 e. The molecule has 4 heterocycles. The zero-order chi connectivity index (χ0) is 25.4. The summed E-state index contributed by atoms with van der Waals surface area (Å²) in [6, 6.07) is 3.53. The third-order valence-corrected chi connectivity index (χ3v) is 8.10. The maximum atomic E-state index is 14.7. The number of H-pyrrole nitrogens is 1. The number of aromatic nitrogens is 5. The van der Waals surface area contributed by atoms with E-state index in [1.54, 1.807) is 33.8 Å². The third-order valence-electron chi connectivity index (χ3n) is 8.10. The van der Waals surface area contributed by atoms with Crippen molar-refractivity contribution in [1.29, 1.82) is 0 Å². The summed E-state index contributed by atoms with van der Waals surface area (Å²) in [5.74, 6) is -1.10. The molecule has 196 valence electrons. The summed E-state index contributed by atoms with van der Waals surface area (Å²) in [6.07, 6.45) is 4.42. The number of ether oxygens (including phenoxy) is 1. The number of halogens is 3. The van der Waals surface area contributed by atoms with Crippen LogP contribution in [-0.2, 0) is 11.3 Å². The Bertz CT molecular complexity index is 1330. The molecule has 2 bridgehead atoms. The molecule has 10 nitrogen and oxygen atoms in total. The normalized spacial score (nSPS) is 31.9. The Morgan fingerprint density at radius 3 is 2.78 bits per heavy atom. The Kier molecular flexibility index (Phi) is 4.98. The van der Waals surface area contributed by atoms with Crippen LogP contribution in [-0.4, -0.2) is 72.4 Å². The number of aromatic amines is 1. The first-order valence-electron chi connectivity index (χ1n) is 12.6. The van der Waals surface area contributed by atoms with Crippen LogP contribution >= 0.6 is 0 Å². The van der Waals surface area contributed by atoms with E-state index < -0.39 is 24.3 Å². The molecule has 3 aromatic heterocycles. The van der Waals surface area contributed by atoms with E-state index in [0.717, 1.165) is 30.9 Å². The van der Waals surface area contributed by atoms with E-state index in [-0.39, 0.29) is 31.0 Å². The van der Waals surface area contributed by atoms with Gasteiger partial charge < -0.3 is 15.4 Å². The van der Waals surface area contributed by atoms with Gasteiger partial charge in [0.25, 0.3) is 5.92 Å². The number of anilines is 2. The van der Waals surface area contributed by atoms with Crippen molar-refractivity contribution in [2.45, 2.75) is 68.3 Å². The molecule has 5 aliphatic rings. The predicted molar refractivity (Wildman–Crippen MR) is 125 cm³/mol. The average Bonchev–Trinajstić information content (AvgIpc) is 3.48. The van der Waals surface area contributed by atoms with Crippen molar-refractivity contribution in [3.05, 3.63) is 35.9 Å². The molecule has 0 unspecified atom stereocenters. The number of hydrogen-bond acceptors (Lipinski definition) is 7. The van der Waals surface area contributed by atoms with Gasteiger partial charge in [-0.3, -0.25) is 14.4 Å². The van der Waals surface area contributed by atoms with Gasteiger partial charge in [-0.25, -0.2) is 27.9 Å². The number of imidazole rings is 1. The molecule has 0 aromatic carbocycles. The van der Waals surface area contributed by atoms with Crippen molar-refractivity contribution in [1.82, 2.24) is 34.8 Å².